The maximum Gasteiger partial charge on any atom is 0.0843 e. The van der Waals surface area contributed by atoms with Crippen molar-refractivity contribution in [2.75, 3.05) is 19.6 Å². The molecule has 46 valence electrons. The van der Waals surface area contributed by atoms with E-state index in [-0.39, 0.29) is 0 Å². The lowest BCUT2D eigenvalue weighted by Gasteiger charge is -2.05. The Hall–Kier alpha value is -0.0800. The molecule has 0 aromatic carbocycles. The molecule has 2 aliphatic heterocycles. The van der Waals surface area contributed by atoms with Crippen molar-refractivity contribution < 1.29 is 0 Å². The fraction of sp³-hybridized carbons (Fsp3) is 1.00. The molecule has 1 unspecified atom stereocenters. The molecule has 0 radical (unpaired) electrons. The summed E-state index contributed by atoms with van der Waals surface area (Å²) >= 11 is 0. The first-order valence-electron chi connectivity index (χ1n) is 3.37. The standard InChI is InChI=1S/C6H12N2/c1-2-6-5-8(6)4-3-7-6/h7H,2-5H2,1H3/t6-,8?/m0/s1. The largest absolute Gasteiger partial charge is 0.297 e. The van der Waals surface area contributed by atoms with Gasteiger partial charge in [-0.25, -0.2) is 0 Å². The smallest absolute Gasteiger partial charge is 0.0843 e. The van der Waals surface area contributed by atoms with Crippen molar-refractivity contribution in [2.45, 2.75) is 19.0 Å². The van der Waals surface area contributed by atoms with Gasteiger partial charge in [-0.05, 0) is 6.42 Å². The quantitative estimate of drug-likeness (QED) is 0.481. The van der Waals surface area contributed by atoms with E-state index in [9.17, 15) is 0 Å². The van der Waals surface area contributed by atoms with Crippen LogP contribution in [0.2, 0.25) is 0 Å². The molecular weight excluding hydrogens is 100 g/mol. The van der Waals surface area contributed by atoms with E-state index in [2.05, 4.69) is 17.1 Å². The van der Waals surface area contributed by atoms with E-state index in [4.69, 9.17) is 0 Å². The van der Waals surface area contributed by atoms with Gasteiger partial charge in [0.25, 0.3) is 0 Å². The van der Waals surface area contributed by atoms with Crippen LogP contribution < -0.4 is 5.32 Å². The number of piperazine rings is 1. The maximum absolute atomic E-state index is 3.48. The Bertz CT molecular complexity index is 109. The highest BCUT2D eigenvalue weighted by molar-refractivity contribution is 5.08. The van der Waals surface area contributed by atoms with Gasteiger partial charge in [0.2, 0.25) is 0 Å². The molecule has 1 N–H and O–H groups in total. The summed E-state index contributed by atoms with van der Waals surface area (Å²) < 4.78 is 0. The molecule has 2 saturated heterocycles. The first-order valence-corrected chi connectivity index (χ1v) is 3.37. The summed E-state index contributed by atoms with van der Waals surface area (Å²) in [5, 5.41) is 3.48. The molecule has 8 heavy (non-hydrogen) atoms. The summed E-state index contributed by atoms with van der Waals surface area (Å²) in [6, 6.07) is 0. The zero-order valence-electron chi connectivity index (χ0n) is 5.28. The molecule has 0 aromatic rings. The first-order chi connectivity index (χ1) is 3.87. The molecule has 2 aliphatic rings. The average Bonchev–Trinajstić information content (AvgIpc) is 2.38. The Labute approximate surface area is 49.9 Å². The molecule has 0 amide bonds. The molecule has 2 rings (SSSR count). The van der Waals surface area contributed by atoms with Crippen molar-refractivity contribution in [1.29, 1.82) is 0 Å². The van der Waals surface area contributed by atoms with Gasteiger partial charge < -0.3 is 0 Å². The molecule has 0 saturated carbocycles. The molecule has 2 heteroatoms. The highest BCUT2D eigenvalue weighted by Gasteiger charge is 2.53. The Morgan fingerprint density at radius 1 is 1.75 bits per heavy atom. The summed E-state index contributed by atoms with van der Waals surface area (Å²) in [5.74, 6) is 0. The molecule has 2 fully saturated rings. The highest BCUT2D eigenvalue weighted by Crippen LogP contribution is 2.35. The van der Waals surface area contributed by atoms with E-state index in [0.29, 0.717) is 5.66 Å². The van der Waals surface area contributed by atoms with Crippen molar-refractivity contribution in [2.24, 2.45) is 0 Å². The molecule has 0 spiro atoms. The molecule has 2 nitrogen and oxygen atoms in total. The van der Waals surface area contributed by atoms with Crippen molar-refractivity contribution in [3.63, 3.8) is 0 Å². The molecule has 2 heterocycles. The van der Waals surface area contributed by atoms with Crippen LogP contribution in [0.1, 0.15) is 13.3 Å². The monoisotopic (exact) mass is 112 g/mol. The van der Waals surface area contributed by atoms with E-state index in [0.717, 1.165) is 0 Å². The third-order valence-corrected chi connectivity index (χ3v) is 2.37. The number of rotatable bonds is 1. The minimum absolute atomic E-state index is 0.486. The Kier molecular flexibility index (Phi) is 0.746. The maximum atomic E-state index is 3.48. The molecular formula is C6H12N2. The predicted octanol–water partition coefficient (Wildman–Crippen LogP) is 0.0115. The van der Waals surface area contributed by atoms with Gasteiger partial charge in [-0.2, -0.15) is 0 Å². The Balaban J connectivity index is 2.08. The van der Waals surface area contributed by atoms with E-state index >= 15 is 0 Å². The highest BCUT2D eigenvalue weighted by atomic mass is 15.5. The van der Waals surface area contributed by atoms with Gasteiger partial charge in [-0.3, -0.25) is 10.2 Å². The van der Waals surface area contributed by atoms with Crippen molar-refractivity contribution in [3.8, 4) is 0 Å². The fourth-order valence-electron chi connectivity index (χ4n) is 1.63. The van der Waals surface area contributed by atoms with Crippen LogP contribution in [0.5, 0.6) is 0 Å². The van der Waals surface area contributed by atoms with E-state index in [1.165, 1.54) is 26.1 Å². The summed E-state index contributed by atoms with van der Waals surface area (Å²) in [5.41, 5.74) is 0.486. The average molecular weight is 112 g/mol. The molecule has 0 bridgehead atoms. The summed E-state index contributed by atoms with van der Waals surface area (Å²) in [7, 11) is 0. The number of fused-ring (bicyclic) bond motifs is 1. The lowest BCUT2D eigenvalue weighted by molar-refractivity contribution is 0.451. The van der Waals surface area contributed by atoms with Gasteiger partial charge >= 0.3 is 0 Å². The topological polar surface area (TPSA) is 15.0 Å². The van der Waals surface area contributed by atoms with Crippen molar-refractivity contribution in [3.05, 3.63) is 0 Å². The van der Waals surface area contributed by atoms with Crippen molar-refractivity contribution in [1.82, 2.24) is 10.2 Å². The SMILES string of the molecule is CC[C@@]12CN1CCN2. The summed E-state index contributed by atoms with van der Waals surface area (Å²) in [4.78, 5) is 2.49. The minimum atomic E-state index is 0.486. The van der Waals surface area contributed by atoms with Gasteiger partial charge in [-0.15, -0.1) is 0 Å². The van der Waals surface area contributed by atoms with Gasteiger partial charge in [0.1, 0.15) is 0 Å². The fourth-order valence-corrected chi connectivity index (χ4v) is 1.63. The van der Waals surface area contributed by atoms with Crippen LogP contribution in [0.15, 0.2) is 0 Å². The lowest BCUT2D eigenvalue weighted by Crippen LogP contribution is -2.28. The zero-order valence-corrected chi connectivity index (χ0v) is 5.28. The van der Waals surface area contributed by atoms with Crippen LogP contribution in [0, 0.1) is 0 Å². The van der Waals surface area contributed by atoms with Crippen LogP contribution in [0.4, 0.5) is 0 Å². The number of hydrogen-bond donors (Lipinski definition) is 1. The minimum Gasteiger partial charge on any atom is -0.297 e. The van der Waals surface area contributed by atoms with Gasteiger partial charge in [0, 0.05) is 19.6 Å². The lowest BCUT2D eigenvalue weighted by atomic mass is 10.2. The van der Waals surface area contributed by atoms with Crippen LogP contribution in [-0.4, -0.2) is 30.2 Å². The van der Waals surface area contributed by atoms with Crippen LogP contribution in [0.3, 0.4) is 0 Å². The number of nitrogens with zero attached hydrogens (tertiary/aromatic N) is 1. The second-order valence-electron chi connectivity index (χ2n) is 2.73. The third-order valence-electron chi connectivity index (χ3n) is 2.37. The summed E-state index contributed by atoms with van der Waals surface area (Å²) in [6.07, 6.45) is 1.27. The second-order valence-corrected chi connectivity index (χ2v) is 2.73. The summed E-state index contributed by atoms with van der Waals surface area (Å²) in [6.45, 7) is 6.02. The number of hydrogen-bond acceptors (Lipinski definition) is 2. The predicted molar refractivity (Wildman–Crippen MR) is 32.6 cm³/mol. The van der Waals surface area contributed by atoms with Gasteiger partial charge in [0.15, 0.2) is 0 Å². The normalized spacial score (nSPS) is 51.4. The van der Waals surface area contributed by atoms with E-state index < -0.39 is 0 Å². The first kappa shape index (κ1) is 4.77. The molecule has 0 aromatic heterocycles. The van der Waals surface area contributed by atoms with Crippen LogP contribution in [0.25, 0.3) is 0 Å². The Morgan fingerprint density at radius 2 is 2.62 bits per heavy atom. The van der Waals surface area contributed by atoms with Gasteiger partial charge in [0.05, 0.1) is 5.66 Å². The van der Waals surface area contributed by atoms with Crippen LogP contribution in [-0.2, 0) is 0 Å². The van der Waals surface area contributed by atoms with Gasteiger partial charge in [-0.1, -0.05) is 6.92 Å². The van der Waals surface area contributed by atoms with E-state index in [1.54, 1.807) is 0 Å². The van der Waals surface area contributed by atoms with E-state index in [1.807, 2.05) is 0 Å². The third kappa shape index (κ3) is 0.400. The van der Waals surface area contributed by atoms with Crippen molar-refractivity contribution >= 4 is 0 Å². The molecule has 0 aliphatic carbocycles. The number of nitrogens with one attached hydrogen (secondary N) is 1. The Morgan fingerprint density at radius 3 is 2.88 bits per heavy atom. The van der Waals surface area contributed by atoms with Crippen LogP contribution >= 0.6 is 0 Å². The zero-order chi connectivity index (χ0) is 5.61. The molecule has 2 atom stereocenters. The second kappa shape index (κ2) is 1.25.